The van der Waals surface area contributed by atoms with Gasteiger partial charge < -0.3 is 20.3 Å². The van der Waals surface area contributed by atoms with Crippen LogP contribution in [0.4, 0.5) is 17.1 Å². The van der Waals surface area contributed by atoms with E-state index in [0.29, 0.717) is 12.2 Å². The second-order valence-corrected chi connectivity index (χ2v) is 5.93. The maximum Gasteiger partial charge on any atom is 0.269 e. The molecule has 2 N–H and O–H groups in total. The fourth-order valence-corrected chi connectivity index (χ4v) is 2.75. The first-order valence-corrected chi connectivity index (χ1v) is 8.71. The summed E-state index contributed by atoms with van der Waals surface area (Å²) in [4.78, 5) is 18.5. The highest BCUT2D eigenvalue weighted by Crippen LogP contribution is 2.29. The van der Waals surface area contributed by atoms with E-state index < -0.39 is 0 Å². The summed E-state index contributed by atoms with van der Waals surface area (Å²) in [6.45, 7) is 5.94. The topological polar surface area (TPSA) is 66.5 Å². The Bertz CT molecular complexity index is 697. The summed E-state index contributed by atoms with van der Waals surface area (Å²) < 4.78 is 5.43. The van der Waals surface area contributed by atoms with E-state index in [0.717, 1.165) is 49.8 Å². The van der Waals surface area contributed by atoms with Crippen LogP contribution >= 0.6 is 0 Å². The second kappa shape index (κ2) is 8.48. The van der Waals surface area contributed by atoms with Gasteiger partial charge in [-0.25, -0.2) is 4.98 Å². The molecule has 6 nitrogen and oxygen atoms in total. The molecule has 2 heterocycles. The standard InChI is InChI=1S/C19H24N4O2/c1-2-9-20-19(24)17-8-7-15(14-21-17)22-16-5-3-4-6-18(16)23-10-12-25-13-11-23/h3-8,14,22H,2,9-13H2,1H3,(H,20,24). The van der Waals surface area contributed by atoms with Crippen molar-refractivity contribution in [1.29, 1.82) is 0 Å². The van der Waals surface area contributed by atoms with Crippen LogP contribution in [0, 0.1) is 0 Å². The van der Waals surface area contributed by atoms with Crippen molar-refractivity contribution in [3.8, 4) is 0 Å². The molecule has 0 aliphatic carbocycles. The van der Waals surface area contributed by atoms with Gasteiger partial charge in [-0.15, -0.1) is 0 Å². The summed E-state index contributed by atoms with van der Waals surface area (Å²) in [5.74, 6) is -0.137. The molecule has 2 aromatic rings. The number of benzene rings is 1. The van der Waals surface area contributed by atoms with Crippen LogP contribution in [0.15, 0.2) is 42.6 Å². The van der Waals surface area contributed by atoms with Gasteiger partial charge in [0.1, 0.15) is 5.69 Å². The minimum Gasteiger partial charge on any atom is -0.378 e. The minimum absolute atomic E-state index is 0.137. The van der Waals surface area contributed by atoms with Crippen LogP contribution in [0.2, 0.25) is 0 Å². The van der Waals surface area contributed by atoms with E-state index in [2.05, 4.69) is 26.6 Å². The van der Waals surface area contributed by atoms with E-state index in [1.165, 1.54) is 0 Å². The number of hydrogen-bond acceptors (Lipinski definition) is 5. The molecule has 1 saturated heterocycles. The van der Waals surface area contributed by atoms with Crippen molar-refractivity contribution in [2.45, 2.75) is 13.3 Å². The Morgan fingerprint density at radius 2 is 2.00 bits per heavy atom. The molecule has 0 bridgehead atoms. The maximum atomic E-state index is 11.9. The molecule has 6 heteroatoms. The van der Waals surface area contributed by atoms with Crippen molar-refractivity contribution in [2.75, 3.05) is 43.1 Å². The van der Waals surface area contributed by atoms with Gasteiger partial charge in [0.15, 0.2) is 0 Å². The van der Waals surface area contributed by atoms with Gasteiger partial charge >= 0.3 is 0 Å². The predicted octanol–water partition coefficient (Wildman–Crippen LogP) is 2.80. The Labute approximate surface area is 148 Å². The lowest BCUT2D eigenvalue weighted by Gasteiger charge is -2.30. The number of hydrogen-bond donors (Lipinski definition) is 2. The average Bonchev–Trinajstić information content (AvgIpc) is 2.68. The molecule has 0 saturated carbocycles. The van der Waals surface area contributed by atoms with E-state index in [9.17, 15) is 4.79 Å². The number of para-hydroxylation sites is 2. The van der Waals surface area contributed by atoms with E-state index in [4.69, 9.17) is 4.74 Å². The second-order valence-electron chi connectivity index (χ2n) is 5.93. The Hall–Kier alpha value is -2.60. The summed E-state index contributed by atoms with van der Waals surface area (Å²) in [6.07, 6.45) is 2.60. The first-order chi connectivity index (χ1) is 12.3. The minimum atomic E-state index is -0.137. The highest BCUT2D eigenvalue weighted by Gasteiger charge is 2.14. The van der Waals surface area contributed by atoms with E-state index in [1.54, 1.807) is 12.3 Å². The number of ether oxygens (including phenoxy) is 1. The zero-order valence-electron chi connectivity index (χ0n) is 14.5. The van der Waals surface area contributed by atoms with E-state index in [-0.39, 0.29) is 5.91 Å². The third-order valence-corrected chi connectivity index (χ3v) is 4.07. The van der Waals surface area contributed by atoms with Crippen LogP contribution in [-0.4, -0.2) is 43.7 Å². The Kier molecular flexibility index (Phi) is 5.85. The Morgan fingerprint density at radius 1 is 1.20 bits per heavy atom. The van der Waals surface area contributed by atoms with Crippen molar-refractivity contribution in [3.63, 3.8) is 0 Å². The first kappa shape index (κ1) is 17.2. The number of nitrogens with zero attached hydrogens (tertiary/aromatic N) is 2. The predicted molar refractivity (Wildman–Crippen MR) is 99.6 cm³/mol. The largest absolute Gasteiger partial charge is 0.378 e. The van der Waals surface area contributed by atoms with Gasteiger partial charge in [-0.05, 0) is 30.7 Å². The number of morpholine rings is 1. The summed E-state index contributed by atoms with van der Waals surface area (Å²) in [5, 5.41) is 6.23. The van der Waals surface area contributed by atoms with Crippen LogP contribution < -0.4 is 15.5 Å². The van der Waals surface area contributed by atoms with Crippen LogP contribution in [0.1, 0.15) is 23.8 Å². The van der Waals surface area contributed by atoms with Crippen LogP contribution in [0.25, 0.3) is 0 Å². The monoisotopic (exact) mass is 340 g/mol. The van der Waals surface area contributed by atoms with Gasteiger partial charge in [-0.1, -0.05) is 19.1 Å². The van der Waals surface area contributed by atoms with Crippen molar-refractivity contribution in [2.24, 2.45) is 0 Å². The SMILES string of the molecule is CCCNC(=O)c1ccc(Nc2ccccc2N2CCOCC2)cn1. The molecule has 1 aromatic heterocycles. The summed E-state index contributed by atoms with van der Waals surface area (Å²) in [5.41, 5.74) is 3.46. The van der Waals surface area contributed by atoms with Crippen LogP contribution in [0.3, 0.4) is 0 Å². The molecule has 0 atom stereocenters. The van der Waals surface area contributed by atoms with Crippen LogP contribution in [0.5, 0.6) is 0 Å². The molecule has 1 fully saturated rings. The fraction of sp³-hybridized carbons (Fsp3) is 0.368. The number of anilines is 3. The van der Waals surface area contributed by atoms with Crippen molar-refractivity contribution in [3.05, 3.63) is 48.3 Å². The molecule has 1 aromatic carbocycles. The van der Waals surface area contributed by atoms with Crippen molar-refractivity contribution < 1.29 is 9.53 Å². The van der Waals surface area contributed by atoms with Gasteiger partial charge in [-0.2, -0.15) is 0 Å². The van der Waals surface area contributed by atoms with Gasteiger partial charge in [0.2, 0.25) is 0 Å². The number of carbonyl (C=O) groups excluding carboxylic acids is 1. The van der Waals surface area contributed by atoms with Crippen molar-refractivity contribution in [1.82, 2.24) is 10.3 Å². The Balaban J connectivity index is 1.71. The average molecular weight is 340 g/mol. The fourth-order valence-electron chi connectivity index (χ4n) is 2.75. The number of aromatic nitrogens is 1. The van der Waals surface area contributed by atoms with Crippen LogP contribution in [-0.2, 0) is 4.74 Å². The van der Waals surface area contributed by atoms with Gasteiger partial charge in [0.05, 0.1) is 36.5 Å². The number of nitrogens with one attached hydrogen (secondary N) is 2. The summed E-state index contributed by atoms with van der Waals surface area (Å²) in [7, 11) is 0. The molecule has 0 unspecified atom stereocenters. The van der Waals surface area contributed by atoms with Gasteiger partial charge in [0, 0.05) is 19.6 Å². The highest BCUT2D eigenvalue weighted by atomic mass is 16.5. The maximum absolute atomic E-state index is 11.9. The lowest BCUT2D eigenvalue weighted by molar-refractivity contribution is 0.0948. The van der Waals surface area contributed by atoms with E-state index >= 15 is 0 Å². The summed E-state index contributed by atoms with van der Waals surface area (Å²) in [6, 6.07) is 11.8. The molecule has 25 heavy (non-hydrogen) atoms. The molecular formula is C19H24N4O2. The van der Waals surface area contributed by atoms with Gasteiger partial charge in [0.25, 0.3) is 5.91 Å². The number of carbonyl (C=O) groups is 1. The zero-order chi connectivity index (χ0) is 17.5. The highest BCUT2D eigenvalue weighted by molar-refractivity contribution is 5.92. The third kappa shape index (κ3) is 4.48. The molecule has 3 rings (SSSR count). The normalized spacial score (nSPS) is 14.2. The molecule has 0 radical (unpaired) electrons. The molecular weight excluding hydrogens is 316 g/mol. The molecule has 1 aliphatic rings. The number of rotatable bonds is 6. The number of pyridine rings is 1. The number of amides is 1. The molecule has 0 spiro atoms. The molecule has 1 aliphatic heterocycles. The zero-order valence-corrected chi connectivity index (χ0v) is 14.5. The lowest BCUT2D eigenvalue weighted by atomic mass is 10.2. The first-order valence-electron chi connectivity index (χ1n) is 8.71. The third-order valence-electron chi connectivity index (χ3n) is 4.07. The van der Waals surface area contributed by atoms with Gasteiger partial charge in [-0.3, -0.25) is 4.79 Å². The lowest BCUT2D eigenvalue weighted by Crippen LogP contribution is -2.36. The van der Waals surface area contributed by atoms with E-state index in [1.807, 2.05) is 31.2 Å². The summed E-state index contributed by atoms with van der Waals surface area (Å²) >= 11 is 0. The quantitative estimate of drug-likeness (QED) is 0.846. The van der Waals surface area contributed by atoms with Crippen molar-refractivity contribution >= 4 is 23.0 Å². The Morgan fingerprint density at radius 3 is 2.72 bits per heavy atom. The molecule has 1 amide bonds. The molecule has 132 valence electrons. The smallest absolute Gasteiger partial charge is 0.269 e.